The highest BCUT2D eigenvalue weighted by molar-refractivity contribution is 5.42. The minimum atomic E-state index is 0.197. The van der Waals surface area contributed by atoms with Gasteiger partial charge in [0.05, 0.1) is 25.3 Å². The lowest BCUT2D eigenvalue weighted by Crippen LogP contribution is -2.46. The zero-order valence-corrected chi connectivity index (χ0v) is 12.2. The molecule has 0 radical (unpaired) electrons. The molecule has 1 aromatic rings. The Bertz CT molecular complexity index is 496. The lowest BCUT2D eigenvalue weighted by Gasteiger charge is -2.40. The molecule has 1 fully saturated rings. The summed E-state index contributed by atoms with van der Waals surface area (Å²) in [5.41, 5.74) is 1.68. The molecule has 2 rings (SSSR count). The predicted molar refractivity (Wildman–Crippen MR) is 77.4 cm³/mol. The van der Waals surface area contributed by atoms with Crippen molar-refractivity contribution in [3.63, 3.8) is 0 Å². The first-order valence-corrected chi connectivity index (χ1v) is 7.13. The number of aliphatic hydroxyl groups excluding tert-OH is 1. The number of nitriles is 1. The lowest BCUT2D eigenvalue weighted by molar-refractivity contribution is 0.0446. The van der Waals surface area contributed by atoms with E-state index in [1.807, 2.05) is 12.1 Å². The summed E-state index contributed by atoms with van der Waals surface area (Å²) in [5, 5.41) is 18.5. The zero-order valence-electron chi connectivity index (χ0n) is 12.2. The normalized spacial score (nSPS) is 23.3. The van der Waals surface area contributed by atoms with Crippen molar-refractivity contribution in [2.45, 2.75) is 44.8 Å². The van der Waals surface area contributed by atoms with Crippen molar-refractivity contribution in [1.82, 2.24) is 4.90 Å². The Labute approximate surface area is 120 Å². The van der Waals surface area contributed by atoms with E-state index < -0.39 is 0 Å². The fourth-order valence-electron chi connectivity index (χ4n) is 2.96. The molecule has 0 saturated carbocycles. The number of nitrogens with zero attached hydrogens (tertiary/aromatic N) is 2. The quantitative estimate of drug-likeness (QED) is 0.915. The third-order valence-electron chi connectivity index (χ3n) is 4.17. The summed E-state index contributed by atoms with van der Waals surface area (Å²) in [5.74, 6) is 0.749. The Morgan fingerprint density at radius 2 is 2.25 bits per heavy atom. The van der Waals surface area contributed by atoms with Gasteiger partial charge in [0.25, 0.3) is 0 Å². The van der Waals surface area contributed by atoms with Crippen LogP contribution in [-0.2, 0) is 6.54 Å². The maximum absolute atomic E-state index is 9.55. The van der Waals surface area contributed by atoms with Crippen LogP contribution in [0.1, 0.15) is 37.3 Å². The summed E-state index contributed by atoms with van der Waals surface area (Å²) < 4.78 is 5.39. The molecule has 0 aromatic heterocycles. The first kappa shape index (κ1) is 14.8. The van der Waals surface area contributed by atoms with Gasteiger partial charge < -0.3 is 9.84 Å². The van der Waals surface area contributed by atoms with E-state index in [4.69, 9.17) is 10.00 Å². The van der Waals surface area contributed by atoms with Crippen molar-refractivity contribution in [2.24, 2.45) is 0 Å². The van der Waals surface area contributed by atoms with E-state index in [9.17, 15) is 5.11 Å². The van der Waals surface area contributed by atoms with E-state index in [2.05, 4.69) is 17.9 Å². The average Bonchev–Trinajstić information content (AvgIpc) is 2.49. The molecule has 0 amide bonds. The lowest BCUT2D eigenvalue weighted by atomic mass is 9.96. The van der Waals surface area contributed by atoms with E-state index in [-0.39, 0.29) is 12.6 Å². The van der Waals surface area contributed by atoms with Crippen LogP contribution in [0.5, 0.6) is 5.75 Å². The van der Waals surface area contributed by atoms with Gasteiger partial charge in [0, 0.05) is 24.2 Å². The van der Waals surface area contributed by atoms with Crippen molar-refractivity contribution in [2.75, 3.05) is 13.7 Å². The van der Waals surface area contributed by atoms with Gasteiger partial charge in [-0.1, -0.05) is 12.5 Å². The van der Waals surface area contributed by atoms with Crippen LogP contribution in [0.2, 0.25) is 0 Å². The number of hydrogen-bond acceptors (Lipinski definition) is 4. The molecule has 1 aliphatic heterocycles. The number of benzene rings is 1. The summed E-state index contributed by atoms with van der Waals surface area (Å²) in [6.07, 6.45) is 3.38. The first-order chi connectivity index (χ1) is 9.69. The summed E-state index contributed by atoms with van der Waals surface area (Å²) >= 11 is 0. The summed E-state index contributed by atoms with van der Waals surface area (Å²) in [7, 11) is 1.63. The molecule has 1 aliphatic rings. The molecule has 1 aromatic carbocycles. The second-order valence-corrected chi connectivity index (χ2v) is 5.43. The van der Waals surface area contributed by atoms with Gasteiger partial charge in [-0.15, -0.1) is 0 Å². The van der Waals surface area contributed by atoms with Gasteiger partial charge in [-0.3, -0.25) is 4.90 Å². The van der Waals surface area contributed by atoms with E-state index in [1.165, 1.54) is 6.42 Å². The molecule has 4 nitrogen and oxygen atoms in total. The summed E-state index contributed by atoms with van der Waals surface area (Å²) in [6, 6.07) is 8.36. The van der Waals surface area contributed by atoms with E-state index >= 15 is 0 Å². The molecule has 4 heteroatoms. The monoisotopic (exact) mass is 274 g/mol. The van der Waals surface area contributed by atoms with Gasteiger partial charge in [-0.25, -0.2) is 0 Å². The highest BCUT2D eigenvalue weighted by Gasteiger charge is 2.27. The van der Waals surface area contributed by atoms with E-state index in [0.29, 0.717) is 11.6 Å². The molecular weight excluding hydrogens is 252 g/mol. The number of aliphatic hydroxyl groups is 1. The van der Waals surface area contributed by atoms with Crippen LogP contribution in [-0.4, -0.2) is 35.8 Å². The Hall–Kier alpha value is -1.57. The number of piperidine rings is 1. The molecule has 20 heavy (non-hydrogen) atoms. The molecule has 0 unspecified atom stereocenters. The van der Waals surface area contributed by atoms with Crippen LogP contribution in [0, 0.1) is 11.3 Å². The second kappa shape index (κ2) is 6.74. The number of hydrogen-bond donors (Lipinski definition) is 1. The molecule has 0 bridgehead atoms. The molecule has 0 aliphatic carbocycles. The van der Waals surface area contributed by atoms with Crippen molar-refractivity contribution in [1.29, 1.82) is 5.26 Å². The second-order valence-electron chi connectivity index (χ2n) is 5.43. The third kappa shape index (κ3) is 3.12. The van der Waals surface area contributed by atoms with Gasteiger partial charge in [0.1, 0.15) is 5.75 Å². The van der Waals surface area contributed by atoms with Crippen LogP contribution in [0.4, 0.5) is 0 Å². The Balaban J connectivity index is 2.21. The Morgan fingerprint density at radius 3 is 2.90 bits per heavy atom. The Kier molecular flexibility index (Phi) is 4.99. The smallest absolute Gasteiger partial charge is 0.124 e. The fourth-order valence-corrected chi connectivity index (χ4v) is 2.96. The van der Waals surface area contributed by atoms with Gasteiger partial charge in [0.2, 0.25) is 0 Å². The number of ether oxygens (including phenoxy) is 1. The topological polar surface area (TPSA) is 56.5 Å². The van der Waals surface area contributed by atoms with Gasteiger partial charge in [0.15, 0.2) is 0 Å². The van der Waals surface area contributed by atoms with Crippen LogP contribution < -0.4 is 4.74 Å². The predicted octanol–water partition coefficient (Wildman–Crippen LogP) is 2.30. The van der Waals surface area contributed by atoms with E-state index in [1.54, 1.807) is 13.2 Å². The third-order valence-corrected chi connectivity index (χ3v) is 4.17. The van der Waals surface area contributed by atoms with Crippen LogP contribution in [0.25, 0.3) is 0 Å². The van der Waals surface area contributed by atoms with E-state index in [0.717, 1.165) is 30.7 Å². The molecule has 1 N–H and O–H groups in total. The summed E-state index contributed by atoms with van der Waals surface area (Å²) in [4.78, 5) is 2.34. The number of likely N-dealkylation sites (tertiary alicyclic amines) is 1. The SMILES string of the molecule is COc1cc(C#N)ccc1CN1[C@H](CO)CCC[C@@H]1C. The molecule has 1 heterocycles. The van der Waals surface area contributed by atoms with Crippen LogP contribution in [0.3, 0.4) is 0 Å². The maximum atomic E-state index is 9.55. The number of methoxy groups -OCH3 is 1. The highest BCUT2D eigenvalue weighted by atomic mass is 16.5. The standard InChI is InChI=1S/C16H22N2O2/c1-12-4-3-5-15(11-19)18(12)10-14-7-6-13(9-17)8-16(14)20-2/h6-8,12,15,19H,3-5,10-11H2,1-2H3/t12-,15-/m0/s1. The molecule has 0 spiro atoms. The highest BCUT2D eigenvalue weighted by Crippen LogP contribution is 2.28. The van der Waals surface area contributed by atoms with Crippen molar-refractivity contribution < 1.29 is 9.84 Å². The average molecular weight is 274 g/mol. The number of rotatable bonds is 4. The summed E-state index contributed by atoms with van der Waals surface area (Å²) in [6.45, 7) is 3.15. The fraction of sp³-hybridized carbons (Fsp3) is 0.562. The van der Waals surface area contributed by atoms with Crippen molar-refractivity contribution >= 4 is 0 Å². The minimum Gasteiger partial charge on any atom is -0.496 e. The first-order valence-electron chi connectivity index (χ1n) is 7.13. The zero-order chi connectivity index (χ0) is 14.5. The van der Waals surface area contributed by atoms with Crippen molar-refractivity contribution in [3.8, 4) is 11.8 Å². The van der Waals surface area contributed by atoms with Gasteiger partial charge in [-0.05, 0) is 31.9 Å². The largest absolute Gasteiger partial charge is 0.496 e. The van der Waals surface area contributed by atoms with Gasteiger partial charge in [-0.2, -0.15) is 5.26 Å². The molecule has 1 saturated heterocycles. The van der Waals surface area contributed by atoms with Crippen LogP contribution in [0.15, 0.2) is 18.2 Å². The maximum Gasteiger partial charge on any atom is 0.124 e. The van der Waals surface area contributed by atoms with Gasteiger partial charge >= 0.3 is 0 Å². The molecular formula is C16H22N2O2. The Morgan fingerprint density at radius 1 is 1.45 bits per heavy atom. The molecule has 2 atom stereocenters. The molecule has 108 valence electrons. The van der Waals surface area contributed by atoms with Crippen LogP contribution >= 0.6 is 0 Å². The minimum absolute atomic E-state index is 0.197. The van der Waals surface area contributed by atoms with Crippen molar-refractivity contribution in [3.05, 3.63) is 29.3 Å².